The molecular formula is C24H34O4. The molecule has 4 nitrogen and oxygen atoms in total. The SMILES string of the molecule is CC(=O)O[C@]1(C(C)=O)CCC2C3CC(C)=C4CC(=O)CCC4(C)C3CCC21C. The molecule has 0 aromatic rings. The van der Waals surface area contributed by atoms with Crippen molar-refractivity contribution in [1.82, 2.24) is 0 Å². The number of Topliss-reactive ketones (excluding diaryl/α,β-unsaturated/α-hetero) is 2. The van der Waals surface area contributed by atoms with Crippen LogP contribution in [0.4, 0.5) is 0 Å². The molecule has 0 N–H and O–H groups in total. The topological polar surface area (TPSA) is 60.4 Å². The van der Waals surface area contributed by atoms with Crippen LogP contribution in [0.25, 0.3) is 0 Å². The van der Waals surface area contributed by atoms with Crippen LogP contribution in [-0.4, -0.2) is 23.1 Å². The van der Waals surface area contributed by atoms with Crippen molar-refractivity contribution < 1.29 is 19.1 Å². The van der Waals surface area contributed by atoms with Gasteiger partial charge in [0.15, 0.2) is 11.4 Å². The summed E-state index contributed by atoms with van der Waals surface area (Å²) in [5.41, 5.74) is 1.67. The fraction of sp³-hybridized carbons (Fsp3) is 0.792. The molecule has 154 valence electrons. The molecule has 4 heteroatoms. The number of hydrogen-bond acceptors (Lipinski definition) is 4. The van der Waals surface area contributed by atoms with Gasteiger partial charge in [-0.15, -0.1) is 0 Å². The predicted molar refractivity (Wildman–Crippen MR) is 107 cm³/mol. The van der Waals surface area contributed by atoms with Crippen LogP contribution in [0.2, 0.25) is 0 Å². The molecule has 0 saturated heterocycles. The first-order chi connectivity index (χ1) is 13.0. The average Bonchev–Trinajstić information content (AvgIpc) is 2.90. The zero-order valence-corrected chi connectivity index (χ0v) is 18.0. The number of allylic oxidation sites excluding steroid dienone is 2. The lowest BCUT2D eigenvalue weighted by Crippen LogP contribution is -2.58. The van der Waals surface area contributed by atoms with Crippen LogP contribution >= 0.6 is 0 Å². The molecule has 6 atom stereocenters. The minimum atomic E-state index is -0.962. The van der Waals surface area contributed by atoms with Gasteiger partial charge in [-0.3, -0.25) is 14.4 Å². The summed E-state index contributed by atoms with van der Waals surface area (Å²) in [6, 6.07) is 0. The van der Waals surface area contributed by atoms with Crippen LogP contribution in [0.15, 0.2) is 11.1 Å². The molecule has 0 bridgehead atoms. The number of hydrogen-bond donors (Lipinski definition) is 0. The van der Waals surface area contributed by atoms with Crippen molar-refractivity contribution in [2.45, 2.75) is 91.6 Å². The molecule has 0 heterocycles. The second kappa shape index (κ2) is 6.27. The largest absolute Gasteiger partial charge is 0.451 e. The molecule has 4 aliphatic carbocycles. The fourth-order valence-corrected chi connectivity index (χ4v) is 7.99. The van der Waals surface area contributed by atoms with E-state index in [1.807, 2.05) is 0 Å². The third-order valence-electron chi connectivity index (χ3n) is 9.31. The molecular weight excluding hydrogens is 352 g/mol. The monoisotopic (exact) mass is 386 g/mol. The average molecular weight is 387 g/mol. The lowest BCUT2D eigenvalue weighted by Gasteiger charge is -2.59. The van der Waals surface area contributed by atoms with Gasteiger partial charge in [0.05, 0.1) is 0 Å². The molecule has 4 rings (SSSR count). The number of esters is 1. The molecule has 0 aliphatic heterocycles. The van der Waals surface area contributed by atoms with Crippen LogP contribution in [0.3, 0.4) is 0 Å². The second-order valence-electron chi connectivity index (χ2n) is 10.4. The van der Waals surface area contributed by atoms with Crippen molar-refractivity contribution in [2.24, 2.45) is 28.6 Å². The summed E-state index contributed by atoms with van der Waals surface area (Å²) in [5.74, 6) is 1.51. The minimum absolute atomic E-state index is 0.00406. The number of ether oxygens (including phenoxy) is 1. The molecule has 0 aromatic heterocycles. The summed E-state index contributed by atoms with van der Waals surface area (Å²) in [4.78, 5) is 36.8. The van der Waals surface area contributed by atoms with Crippen LogP contribution in [-0.2, 0) is 19.1 Å². The quantitative estimate of drug-likeness (QED) is 0.505. The molecule has 4 aliphatic rings. The molecule has 3 saturated carbocycles. The Bertz CT molecular complexity index is 779. The summed E-state index contributed by atoms with van der Waals surface area (Å²) in [6.07, 6.45) is 6.89. The Labute approximate surface area is 168 Å². The van der Waals surface area contributed by atoms with E-state index in [-0.39, 0.29) is 22.6 Å². The number of carbonyl (C=O) groups is 3. The van der Waals surface area contributed by atoms with E-state index in [1.165, 1.54) is 18.1 Å². The van der Waals surface area contributed by atoms with Gasteiger partial charge in [-0.25, -0.2) is 0 Å². The van der Waals surface area contributed by atoms with Crippen LogP contribution in [0.5, 0.6) is 0 Å². The zero-order chi connectivity index (χ0) is 20.5. The minimum Gasteiger partial charge on any atom is -0.451 e. The first-order valence-electron chi connectivity index (χ1n) is 11.0. The van der Waals surface area contributed by atoms with Crippen LogP contribution in [0.1, 0.15) is 86.0 Å². The summed E-state index contributed by atoms with van der Waals surface area (Å²) in [6.45, 7) is 9.82. The van der Waals surface area contributed by atoms with Gasteiger partial charge in [0.2, 0.25) is 0 Å². The Balaban J connectivity index is 1.74. The highest BCUT2D eigenvalue weighted by molar-refractivity contribution is 5.89. The summed E-state index contributed by atoms with van der Waals surface area (Å²) in [7, 11) is 0. The van der Waals surface area contributed by atoms with Gasteiger partial charge < -0.3 is 4.74 Å². The highest BCUT2D eigenvalue weighted by Crippen LogP contribution is 2.68. The van der Waals surface area contributed by atoms with E-state index in [1.54, 1.807) is 6.92 Å². The van der Waals surface area contributed by atoms with E-state index in [9.17, 15) is 14.4 Å². The summed E-state index contributed by atoms with van der Waals surface area (Å²) >= 11 is 0. The van der Waals surface area contributed by atoms with Crippen molar-refractivity contribution in [3.63, 3.8) is 0 Å². The van der Waals surface area contributed by atoms with Crippen LogP contribution < -0.4 is 0 Å². The Hall–Kier alpha value is -1.45. The van der Waals surface area contributed by atoms with Crippen LogP contribution in [0, 0.1) is 28.6 Å². The first-order valence-corrected chi connectivity index (χ1v) is 11.0. The van der Waals surface area contributed by atoms with Gasteiger partial charge in [0.1, 0.15) is 5.78 Å². The third kappa shape index (κ3) is 2.45. The van der Waals surface area contributed by atoms with E-state index in [0.29, 0.717) is 42.8 Å². The maximum absolute atomic E-state index is 12.8. The summed E-state index contributed by atoms with van der Waals surface area (Å²) in [5, 5.41) is 0. The van der Waals surface area contributed by atoms with Gasteiger partial charge in [-0.05, 0) is 75.5 Å². The van der Waals surface area contributed by atoms with Crippen molar-refractivity contribution in [1.29, 1.82) is 0 Å². The van der Waals surface area contributed by atoms with Gasteiger partial charge in [-0.2, -0.15) is 0 Å². The number of rotatable bonds is 2. The van der Waals surface area contributed by atoms with E-state index in [0.717, 1.165) is 32.1 Å². The molecule has 5 unspecified atom stereocenters. The van der Waals surface area contributed by atoms with E-state index < -0.39 is 5.60 Å². The highest BCUT2D eigenvalue weighted by atomic mass is 16.6. The van der Waals surface area contributed by atoms with Gasteiger partial charge in [0.25, 0.3) is 0 Å². The van der Waals surface area contributed by atoms with Crippen molar-refractivity contribution in [3.8, 4) is 0 Å². The predicted octanol–water partition coefficient (Wildman–Crippen LogP) is 4.80. The lowest BCUT2D eigenvalue weighted by molar-refractivity contribution is -0.186. The number of fused-ring (bicyclic) bond motifs is 5. The lowest BCUT2D eigenvalue weighted by atomic mass is 9.46. The highest BCUT2D eigenvalue weighted by Gasteiger charge is 2.67. The maximum atomic E-state index is 12.8. The van der Waals surface area contributed by atoms with Gasteiger partial charge >= 0.3 is 5.97 Å². The zero-order valence-electron chi connectivity index (χ0n) is 18.0. The second-order valence-corrected chi connectivity index (χ2v) is 10.4. The molecule has 28 heavy (non-hydrogen) atoms. The van der Waals surface area contributed by atoms with Crippen molar-refractivity contribution in [3.05, 3.63) is 11.1 Å². The van der Waals surface area contributed by atoms with Gasteiger partial charge in [0, 0.05) is 25.2 Å². The third-order valence-corrected chi connectivity index (χ3v) is 9.31. The normalized spacial score (nSPS) is 45.2. The van der Waals surface area contributed by atoms with Crippen molar-refractivity contribution >= 4 is 17.5 Å². The Kier molecular flexibility index (Phi) is 4.45. The molecule has 0 spiro atoms. The Morgan fingerprint density at radius 1 is 1.04 bits per heavy atom. The molecule has 0 amide bonds. The maximum Gasteiger partial charge on any atom is 0.303 e. The standard InChI is InChI=1S/C24H34O4/c1-14-12-18-19(22(4)9-6-17(27)13-21(14)22)7-10-23(5)20(18)8-11-24(23,15(2)25)28-16(3)26/h18-20H,6-13H2,1-5H3/t18?,19?,20?,22?,23?,24-/m0/s1. The van der Waals surface area contributed by atoms with E-state index in [4.69, 9.17) is 4.74 Å². The van der Waals surface area contributed by atoms with E-state index in [2.05, 4.69) is 20.8 Å². The number of carbonyl (C=O) groups excluding carboxylic acids is 3. The summed E-state index contributed by atoms with van der Waals surface area (Å²) < 4.78 is 5.84. The van der Waals surface area contributed by atoms with E-state index >= 15 is 0 Å². The first kappa shape index (κ1) is 19.8. The number of ketones is 2. The smallest absolute Gasteiger partial charge is 0.303 e. The fourth-order valence-electron chi connectivity index (χ4n) is 7.99. The molecule has 0 aromatic carbocycles. The molecule has 3 fully saturated rings. The van der Waals surface area contributed by atoms with Gasteiger partial charge in [-0.1, -0.05) is 25.0 Å². The molecule has 0 radical (unpaired) electrons. The Morgan fingerprint density at radius 3 is 2.36 bits per heavy atom. The Morgan fingerprint density at radius 2 is 1.71 bits per heavy atom. The van der Waals surface area contributed by atoms with Crippen molar-refractivity contribution in [2.75, 3.05) is 0 Å².